The van der Waals surface area contributed by atoms with Gasteiger partial charge >= 0.3 is 12.1 Å². The first-order chi connectivity index (χ1) is 8.09. The molecule has 1 heterocycles. The van der Waals surface area contributed by atoms with Crippen LogP contribution in [-0.4, -0.2) is 28.7 Å². The van der Waals surface area contributed by atoms with E-state index in [0.717, 1.165) is 11.3 Å². The van der Waals surface area contributed by atoms with Crippen LogP contribution in [0.4, 0.5) is 13.2 Å². The van der Waals surface area contributed by atoms with E-state index in [0.29, 0.717) is 12.5 Å². The molecule has 0 aliphatic rings. The van der Waals surface area contributed by atoms with E-state index in [4.69, 9.17) is 5.11 Å². The molecule has 2 N–H and O–H groups in total. The first-order valence-electron chi connectivity index (χ1n) is 4.76. The number of rotatable bonds is 3. The molecule has 0 aliphatic heterocycles. The summed E-state index contributed by atoms with van der Waals surface area (Å²) in [4.78, 5) is 22.4. The summed E-state index contributed by atoms with van der Waals surface area (Å²) in [7, 11) is 0. The van der Waals surface area contributed by atoms with Gasteiger partial charge in [-0.15, -0.1) is 11.3 Å². The maximum atomic E-state index is 12.7. The number of aryl methyl sites for hydroxylation is 1. The van der Waals surface area contributed by atoms with Crippen molar-refractivity contribution in [1.29, 1.82) is 0 Å². The molecule has 1 atom stereocenters. The number of thiophene rings is 1. The summed E-state index contributed by atoms with van der Waals surface area (Å²) in [6.07, 6.45) is -5.08. The van der Waals surface area contributed by atoms with Crippen LogP contribution in [0.1, 0.15) is 22.2 Å². The van der Waals surface area contributed by atoms with Gasteiger partial charge in [0.1, 0.15) is 0 Å². The molecule has 0 saturated heterocycles. The molecule has 0 saturated carbocycles. The van der Waals surface area contributed by atoms with Gasteiger partial charge in [0.2, 0.25) is 5.54 Å². The number of carboxylic acids is 1. The molecule has 1 aromatic heterocycles. The van der Waals surface area contributed by atoms with E-state index in [2.05, 4.69) is 0 Å². The molecular weight excluding hydrogens is 271 g/mol. The summed E-state index contributed by atoms with van der Waals surface area (Å²) in [5.74, 6) is -3.21. The first kappa shape index (κ1) is 14.5. The average Bonchev–Trinajstić information content (AvgIpc) is 2.62. The molecule has 0 aliphatic carbocycles. The van der Waals surface area contributed by atoms with E-state index in [9.17, 15) is 22.8 Å². The molecule has 0 radical (unpaired) electrons. The number of carbonyl (C=O) groups is 2. The fourth-order valence-electron chi connectivity index (χ4n) is 1.13. The van der Waals surface area contributed by atoms with Gasteiger partial charge in [0.25, 0.3) is 5.91 Å². The molecule has 1 rings (SSSR count). The van der Waals surface area contributed by atoms with Gasteiger partial charge in [-0.05, 0) is 30.9 Å². The van der Waals surface area contributed by atoms with E-state index < -0.39 is 23.6 Å². The van der Waals surface area contributed by atoms with Gasteiger partial charge in [-0.25, -0.2) is 4.79 Å². The topological polar surface area (TPSA) is 66.4 Å². The van der Waals surface area contributed by atoms with Crippen molar-refractivity contribution in [1.82, 2.24) is 5.32 Å². The first-order valence-corrected chi connectivity index (χ1v) is 5.64. The summed E-state index contributed by atoms with van der Waals surface area (Å²) in [5, 5.41) is 11.7. The molecule has 0 bridgehead atoms. The SMILES string of the molecule is Cc1ccsc1C(=O)NC(C)(C(=O)O)C(F)(F)F. The van der Waals surface area contributed by atoms with Gasteiger partial charge in [0.15, 0.2) is 0 Å². The van der Waals surface area contributed by atoms with Crippen LogP contribution in [0.3, 0.4) is 0 Å². The summed E-state index contributed by atoms with van der Waals surface area (Å²) >= 11 is 0.948. The molecule has 0 spiro atoms. The number of hydrogen-bond acceptors (Lipinski definition) is 3. The molecule has 100 valence electrons. The number of amides is 1. The van der Waals surface area contributed by atoms with Crippen LogP contribution in [-0.2, 0) is 4.79 Å². The van der Waals surface area contributed by atoms with Gasteiger partial charge in [-0.3, -0.25) is 4.79 Å². The third-order valence-corrected chi connectivity index (χ3v) is 3.44. The van der Waals surface area contributed by atoms with Crippen LogP contribution >= 0.6 is 11.3 Å². The number of halogens is 3. The van der Waals surface area contributed by atoms with Crippen LogP contribution < -0.4 is 5.32 Å². The van der Waals surface area contributed by atoms with Gasteiger partial charge < -0.3 is 10.4 Å². The van der Waals surface area contributed by atoms with Gasteiger partial charge in [0.05, 0.1) is 4.88 Å². The largest absolute Gasteiger partial charge is 0.479 e. The fourth-order valence-corrected chi connectivity index (χ4v) is 1.96. The zero-order valence-corrected chi connectivity index (χ0v) is 10.3. The Morgan fingerprint density at radius 3 is 2.28 bits per heavy atom. The molecule has 1 unspecified atom stereocenters. The van der Waals surface area contributed by atoms with Crippen molar-refractivity contribution in [3.8, 4) is 0 Å². The molecule has 4 nitrogen and oxygen atoms in total. The summed E-state index contributed by atoms with van der Waals surface area (Å²) in [6, 6.07) is 1.56. The van der Waals surface area contributed by atoms with Crippen molar-refractivity contribution in [3.63, 3.8) is 0 Å². The maximum absolute atomic E-state index is 12.7. The Hall–Kier alpha value is -1.57. The minimum absolute atomic E-state index is 0.0618. The Kier molecular flexibility index (Phi) is 3.70. The highest BCUT2D eigenvalue weighted by molar-refractivity contribution is 7.12. The second-order valence-electron chi connectivity index (χ2n) is 3.81. The summed E-state index contributed by atoms with van der Waals surface area (Å²) < 4.78 is 38.0. The Bertz CT molecular complexity index is 483. The summed E-state index contributed by atoms with van der Waals surface area (Å²) in [6.45, 7) is 1.97. The minimum atomic E-state index is -5.08. The molecule has 18 heavy (non-hydrogen) atoms. The molecule has 0 aromatic carbocycles. The molecule has 0 fully saturated rings. The highest BCUT2D eigenvalue weighted by atomic mass is 32.1. The Morgan fingerprint density at radius 1 is 1.39 bits per heavy atom. The lowest BCUT2D eigenvalue weighted by Crippen LogP contribution is -2.61. The average molecular weight is 281 g/mol. The van der Waals surface area contributed by atoms with Crippen molar-refractivity contribution >= 4 is 23.2 Å². The van der Waals surface area contributed by atoms with E-state index in [1.807, 2.05) is 0 Å². The number of carboxylic acid groups (broad SMARTS) is 1. The number of alkyl halides is 3. The smallest absolute Gasteiger partial charge is 0.422 e. The molecular formula is C10H10F3NO3S. The van der Waals surface area contributed by atoms with E-state index >= 15 is 0 Å². The van der Waals surface area contributed by atoms with Crippen LogP contribution in [0.5, 0.6) is 0 Å². The zero-order chi connectivity index (χ0) is 14.1. The van der Waals surface area contributed by atoms with Crippen LogP contribution in [0.15, 0.2) is 11.4 Å². The third-order valence-electron chi connectivity index (χ3n) is 2.43. The van der Waals surface area contributed by atoms with Gasteiger partial charge in [0, 0.05) is 0 Å². The molecule has 8 heteroatoms. The zero-order valence-electron chi connectivity index (χ0n) is 9.46. The van der Waals surface area contributed by atoms with E-state index in [1.54, 1.807) is 13.0 Å². The maximum Gasteiger partial charge on any atom is 0.422 e. The standard InChI is InChI=1S/C10H10F3NO3S/c1-5-3-4-18-6(5)7(15)14-9(2,8(16)17)10(11,12)13/h3-4H,1-2H3,(H,14,15)(H,16,17). The van der Waals surface area contributed by atoms with E-state index in [1.165, 1.54) is 10.7 Å². The highest BCUT2D eigenvalue weighted by Gasteiger charge is 2.58. The van der Waals surface area contributed by atoms with Crippen molar-refractivity contribution < 1.29 is 27.9 Å². The Morgan fingerprint density at radius 2 is 1.94 bits per heavy atom. The van der Waals surface area contributed by atoms with Crippen LogP contribution in [0.2, 0.25) is 0 Å². The molecule has 1 aromatic rings. The predicted molar refractivity (Wildman–Crippen MR) is 58.6 cm³/mol. The second-order valence-corrected chi connectivity index (χ2v) is 4.73. The van der Waals surface area contributed by atoms with Crippen molar-refractivity contribution in [2.45, 2.75) is 25.6 Å². The lowest BCUT2D eigenvalue weighted by Gasteiger charge is -2.28. The van der Waals surface area contributed by atoms with E-state index in [-0.39, 0.29) is 4.88 Å². The number of carbonyl (C=O) groups excluding carboxylic acids is 1. The van der Waals surface area contributed by atoms with Crippen LogP contribution in [0.25, 0.3) is 0 Å². The summed E-state index contributed by atoms with van der Waals surface area (Å²) in [5.41, 5.74) is -2.81. The minimum Gasteiger partial charge on any atom is -0.479 e. The lowest BCUT2D eigenvalue weighted by molar-refractivity contribution is -0.203. The molecule has 1 amide bonds. The monoisotopic (exact) mass is 281 g/mol. The highest BCUT2D eigenvalue weighted by Crippen LogP contribution is 2.31. The normalized spacial score (nSPS) is 14.9. The number of nitrogens with one attached hydrogen (secondary N) is 1. The number of aliphatic carboxylic acids is 1. The Balaban J connectivity index is 3.04. The number of hydrogen-bond donors (Lipinski definition) is 2. The van der Waals surface area contributed by atoms with Crippen molar-refractivity contribution in [2.75, 3.05) is 0 Å². The van der Waals surface area contributed by atoms with Gasteiger partial charge in [-0.1, -0.05) is 0 Å². The Labute approximate surface area is 104 Å². The second kappa shape index (κ2) is 4.60. The lowest BCUT2D eigenvalue weighted by atomic mass is 10.0. The van der Waals surface area contributed by atoms with Gasteiger partial charge in [-0.2, -0.15) is 13.2 Å². The van der Waals surface area contributed by atoms with Crippen LogP contribution in [0, 0.1) is 6.92 Å². The third kappa shape index (κ3) is 2.47. The van der Waals surface area contributed by atoms with Crippen molar-refractivity contribution in [2.24, 2.45) is 0 Å². The van der Waals surface area contributed by atoms with Crippen molar-refractivity contribution in [3.05, 3.63) is 21.9 Å². The fraction of sp³-hybridized carbons (Fsp3) is 0.400. The quantitative estimate of drug-likeness (QED) is 0.892. The predicted octanol–water partition coefficient (Wildman–Crippen LogP) is 2.19.